The molecule has 1 aliphatic rings. The summed E-state index contributed by atoms with van der Waals surface area (Å²) in [4.78, 5) is 2.82. The molecule has 0 bridgehead atoms. The van der Waals surface area contributed by atoms with Gasteiger partial charge in [0.2, 0.25) is 0 Å². The highest BCUT2D eigenvalue weighted by Crippen LogP contribution is 2.34. The smallest absolute Gasteiger partial charge is 0.0731 e. The number of fused-ring (bicyclic) bond motifs is 1. The van der Waals surface area contributed by atoms with Crippen LogP contribution in [-0.4, -0.2) is 5.75 Å². The molecule has 0 fully saturated rings. The van der Waals surface area contributed by atoms with Crippen LogP contribution in [0, 0.1) is 0 Å². The molecule has 0 aromatic carbocycles. The van der Waals surface area contributed by atoms with Crippen LogP contribution in [0.3, 0.4) is 0 Å². The van der Waals surface area contributed by atoms with Gasteiger partial charge in [0.15, 0.2) is 0 Å². The Morgan fingerprint density at radius 3 is 3.14 bits per heavy atom. The van der Waals surface area contributed by atoms with Crippen LogP contribution in [0.4, 0.5) is 0 Å². The minimum Gasteiger partial charge on any atom is -0.271 e. The molecular weight excluding hydrogens is 212 g/mol. The number of thioether (sulfide) groups is 1. The van der Waals surface area contributed by atoms with Crippen LogP contribution < -0.4 is 11.3 Å². The Morgan fingerprint density at radius 1 is 1.64 bits per heavy atom. The summed E-state index contributed by atoms with van der Waals surface area (Å²) in [5.74, 6) is 7.86. The molecule has 1 atom stereocenters. The van der Waals surface area contributed by atoms with Crippen molar-refractivity contribution in [2.45, 2.75) is 18.2 Å². The zero-order valence-corrected chi connectivity index (χ0v) is 9.59. The lowest BCUT2D eigenvalue weighted by Crippen LogP contribution is -2.25. The number of thiophene rings is 1. The molecule has 2 heterocycles. The third-order valence-electron chi connectivity index (χ3n) is 2.37. The standard InChI is InChI=1S/C10H14N2S2/c1-2-8(12-11)10-5-7-6-13-4-3-9(7)14-10/h2,5,8,12H,1,3-4,6,11H2. The van der Waals surface area contributed by atoms with Gasteiger partial charge in [-0.25, -0.2) is 5.43 Å². The lowest BCUT2D eigenvalue weighted by atomic mass is 10.2. The number of hydrogen-bond donors (Lipinski definition) is 2. The summed E-state index contributed by atoms with van der Waals surface area (Å²) < 4.78 is 0. The highest BCUT2D eigenvalue weighted by molar-refractivity contribution is 7.98. The van der Waals surface area contributed by atoms with Crippen LogP contribution in [0.15, 0.2) is 18.7 Å². The molecule has 1 aromatic rings. The first-order valence-electron chi connectivity index (χ1n) is 4.63. The van der Waals surface area contributed by atoms with Crippen molar-refractivity contribution < 1.29 is 0 Å². The molecular formula is C10H14N2S2. The van der Waals surface area contributed by atoms with Crippen LogP contribution in [0.2, 0.25) is 0 Å². The molecule has 1 aromatic heterocycles. The molecule has 0 spiro atoms. The van der Waals surface area contributed by atoms with E-state index in [0.717, 1.165) is 5.75 Å². The Balaban J connectivity index is 2.27. The topological polar surface area (TPSA) is 38.0 Å². The van der Waals surface area contributed by atoms with Crippen molar-refractivity contribution in [1.29, 1.82) is 0 Å². The van der Waals surface area contributed by atoms with Crippen molar-refractivity contribution in [2.24, 2.45) is 5.84 Å². The van der Waals surface area contributed by atoms with Gasteiger partial charge >= 0.3 is 0 Å². The normalized spacial score (nSPS) is 17.5. The van der Waals surface area contributed by atoms with Gasteiger partial charge < -0.3 is 0 Å². The van der Waals surface area contributed by atoms with Gasteiger partial charge in [-0.2, -0.15) is 11.8 Å². The minimum absolute atomic E-state index is 0.107. The third kappa shape index (κ3) is 1.88. The van der Waals surface area contributed by atoms with Crippen molar-refractivity contribution >= 4 is 23.1 Å². The molecule has 3 N–H and O–H groups in total. The van der Waals surface area contributed by atoms with Gasteiger partial charge in [-0.05, 0) is 23.8 Å². The van der Waals surface area contributed by atoms with E-state index in [9.17, 15) is 0 Å². The zero-order chi connectivity index (χ0) is 9.97. The Bertz CT molecular complexity index is 309. The van der Waals surface area contributed by atoms with E-state index < -0.39 is 0 Å². The molecule has 2 rings (SSSR count). The summed E-state index contributed by atoms with van der Waals surface area (Å²) in [6.07, 6.45) is 3.06. The molecule has 0 saturated carbocycles. The molecule has 2 nitrogen and oxygen atoms in total. The maximum Gasteiger partial charge on any atom is 0.0731 e. The van der Waals surface area contributed by atoms with E-state index in [1.54, 1.807) is 0 Å². The average molecular weight is 226 g/mol. The van der Waals surface area contributed by atoms with Crippen molar-refractivity contribution in [3.63, 3.8) is 0 Å². The SMILES string of the molecule is C=CC(NN)c1cc2c(s1)CCSC2. The van der Waals surface area contributed by atoms with Gasteiger partial charge in [0.25, 0.3) is 0 Å². The number of hydrazine groups is 1. The first-order valence-corrected chi connectivity index (χ1v) is 6.60. The van der Waals surface area contributed by atoms with Crippen molar-refractivity contribution in [3.05, 3.63) is 34.0 Å². The van der Waals surface area contributed by atoms with E-state index in [1.807, 2.05) is 29.2 Å². The summed E-state index contributed by atoms with van der Waals surface area (Å²) in [5, 5.41) is 0. The number of nitrogens with two attached hydrogens (primary N) is 1. The summed E-state index contributed by atoms with van der Waals surface area (Å²) >= 11 is 3.87. The Morgan fingerprint density at radius 2 is 2.50 bits per heavy atom. The van der Waals surface area contributed by atoms with Crippen LogP contribution in [-0.2, 0) is 12.2 Å². The molecule has 1 aliphatic heterocycles. The van der Waals surface area contributed by atoms with Crippen molar-refractivity contribution in [3.8, 4) is 0 Å². The first kappa shape index (κ1) is 10.2. The van der Waals surface area contributed by atoms with E-state index in [4.69, 9.17) is 5.84 Å². The second-order valence-corrected chi connectivity index (χ2v) is 5.55. The average Bonchev–Trinajstić information content (AvgIpc) is 2.63. The molecule has 0 amide bonds. The van der Waals surface area contributed by atoms with E-state index in [-0.39, 0.29) is 6.04 Å². The highest BCUT2D eigenvalue weighted by atomic mass is 32.2. The number of nitrogens with one attached hydrogen (secondary N) is 1. The van der Waals surface area contributed by atoms with Crippen LogP contribution in [0.5, 0.6) is 0 Å². The predicted octanol–water partition coefficient (Wildman–Crippen LogP) is 2.23. The Labute approximate surface area is 92.5 Å². The molecule has 76 valence electrons. The van der Waals surface area contributed by atoms with E-state index in [0.29, 0.717) is 0 Å². The number of rotatable bonds is 3. The number of aryl methyl sites for hydroxylation is 1. The first-order chi connectivity index (χ1) is 6.85. The summed E-state index contributed by atoms with van der Waals surface area (Å²) in [7, 11) is 0. The molecule has 4 heteroatoms. The van der Waals surface area contributed by atoms with Crippen LogP contribution in [0.1, 0.15) is 21.4 Å². The zero-order valence-electron chi connectivity index (χ0n) is 7.95. The summed E-state index contributed by atoms with van der Waals surface area (Å²) in [6.45, 7) is 3.77. The van der Waals surface area contributed by atoms with Crippen LogP contribution >= 0.6 is 23.1 Å². The fraction of sp³-hybridized carbons (Fsp3) is 0.400. The third-order valence-corrected chi connectivity index (χ3v) is 4.70. The molecule has 14 heavy (non-hydrogen) atoms. The van der Waals surface area contributed by atoms with Gasteiger partial charge in [-0.3, -0.25) is 5.84 Å². The van der Waals surface area contributed by atoms with E-state index in [1.165, 1.54) is 27.5 Å². The number of hydrogen-bond acceptors (Lipinski definition) is 4. The lowest BCUT2D eigenvalue weighted by Gasteiger charge is -2.08. The summed E-state index contributed by atoms with van der Waals surface area (Å²) in [6, 6.07) is 2.37. The maximum atomic E-state index is 5.45. The highest BCUT2D eigenvalue weighted by Gasteiger charge is 2.16. The van der Waals surface area contributed by atoms with Gasteiger partial charge in [-0.1, -0.05) is 6.08 Å². The second-order valence-electron chi connectivity index (χ2n) is 3.28. The lowest BCUT2D eigenvalue weighted by molar-refractivity contribution is 0.666. The van der Waals surface area contributed by atoms with Gasteiger partial charge in [0.05, 0.1) is 6.04 Å². The van der Waals surface area contributed by atoms with Gasteiger partial charge in [-0.15, -0.1) is 17.9 Å². The maximum absolute atomic E-state index is 5.45. The summed E-state index contributed by atoms with van der Waals surface area (Å²) in [5.41, 5.74) is 4.25. The Hall–Kier alpha value is -0.290. The molecule has 0 aliphatic carbocycles. The van der Waals surface area contributed by atoms with Crippen molar-refractivity contribution in [2.75, 3.05) is 5.75 Å². The van der Waals surface area contributed by atoms with Crippen molar-refractivity contribution in [1.82, 2.24) is 5.43 Å². The predicted molar refractivity (Wildman–Crippen MR) is 64.4 cm³/mol. The fourth-order valence-corrected chi connectivity index (χ4v) is 4.02. The Kier molecular flexibility index (Phi) is 3.28. The fourth-order valence-electron chi connectivity index (χ4n) is 1.59. The monoisotopic (exact) mass is 226 g/mol. The van der Waals surface area contributed by atoms with E-state index >= 15 is 0 Å². The van der Waals surface area contributed by atoms with Gasteiger partial charge in [0.1, 0.15) is 0 Å². The second kappa shape index (κ2) is 4.49. The quantitative estimate of drug-likeness (QED) is 0.471. The molecule has 1 unspecified atom stereocenters. The minimum atomic E-state index is 0.107. The largest absolute Gasteiger partial charge is 0.271 e. The van der Waals surface area contributed by atoms with Gasteiger partial charge in [0, 0.05) is 15.5 Å². The van der Waals surface area contributed by atoms with E-state index in [2.05, 4.69) is 18.1 Å². The molecule has 0 radical (unpaired) electrons. The van der Waals surface area contributed by atoms with Crippen LogP contribution in [0.25, 0.3) is 0 Å². The molecule has 0 saturated heterocycles.